The molecule has 0 radical (unpaired) electrons. The predicted molar refractivity (Wildman–Crippen MR) is 189 cm³/mol. The maximum atomic E-state index is 14.4. The predicted octanol–water partition coefficient (Wildman–Crippen LogP) is 2.98. The lowest BCUT2D eigenvalue weighted by Gasteiger charge is -2.30. The summed E-state index contributed by atoms with van der Waals surface area (Å²) in [4.78, 5) is 71.5. The van der Waals surface area contributed by atoms with E-state index < -0.39 is 74.5 Å². The second-order valence-corrected chi connectivity index (χ2v) is 16.7. The van der Waals surface area contributed by atoms with Crippen LogP contribution in [0.25, 0.3) is 0 Å². The van der Waals surface area contributed by atoms with Gasteiger partial charge in [0.05, 0.1) is 24.8 Å². The van der Waals surface area contributed by atoms with Gasteiger partial charge in [0.1, 0.15) is 29.5 Å². The molecule has 3 heterocycles. The normalized spacial score (nSPS) is 27.9. The van der Waals surface area contributed by atoms with Gasteiger partial charge in [-0.05, 0) is 55.7 Å². The Bertz CT molecular complexity index is 1920. The first-order chi connectivity index (χ1) is 25.4. The second kappa shape index (κ2) is 14.9. The number of ether oxygens (including phenoxy) is 1. The van der Waals surface area contributed by atoms with E-state index in [1.54, 1.807) is 12.1 Å². The van der Waals surface area contributed by atoms with Gasteiger partial charge >= 0.3 is 6.09 Å². The molecule has 3 N–H and O–H groups in total. The monoisotopic (exact) mass is 749 g/mol. The van der Waals surface area contributed by atoms with Crippen LogP contribution in [0.15, 0.2) is 60.7 Å². The third-order valence-electron chi connectivity index (χ3n) is 10.8. The molecule has 3 fully saturated rings. The summed E-state index contributed by atoms with van der Waals surface area (Å²) < 4.78 is 48.0. The smallest absolute Gasteiger partial charge is 0.410 e. The number of nitrogens with zero attached hydrogens (tertiary/aromatic N) is 2. The zero-order chi connectivity index (χ0) is 37.3. The standard InChI is InChI=1S/C38H44FN5O8S/c39-30-14-9-12-25-21-43(23-29(25)30)37(49)52-27-19-32-34(46)41-38(36(48)42-53(50,51)28-16-17-28)20-26(38)13-7-2-1-3-8-15-31(35(47)44(32)22-27)40-33(45)18-24-10-5-4-6-11-24/h4-7,9-14,26-28,31-32H,1-3,8,15-23H2,(H,40,45)(H,41,46)(H,42,48)/b13-7-/t26-,27+,31-,32?,38+/m0/s1. The Morgan fingerprint density at radius 2 is 1.77 bits per heavy atom. The van der Waals surface area contributed by atoms with Gasteiger partial charge in [0.2, 0.25) is 27.7 Å². The maximum absolute atomic E-state index is 14.4. The number of hydrogen-bond acceptors (Lipinski definition) is 8. The van der Waals surface area contributed by atoms with Gasteiger partial charge in [-0.25, -0.2) is 17.6 Å². The lowest BCUT2D eigenvalue weighted by atomic mass is 10.0. The number of rotatable bonds is 7. The summed E-state index contributed by atoms with van der Waals surface area (Å²) in [5.74, 6) is -3.33. The van der Waals surface area contributed by atoms with Crippen molar-refractivity contribution >= 4 is 39.7 Å². The van der Waals surface area contributed by atoms with Crippen LogP contribution >= 0.6 is 0 Å². The summed E-state index contributed by atoms with van der Waals surface area (Å²) in [5.41, 5.74) is 0.271. The summed E-state index contributed by atoms with van der Waals surface area (Å²) in [6.45, 7) is -0.0234. The highest BCUT2D eigenvalue weighted by atomic mass is 32.2. The molecule has 5 atom stereocenters. The number of benzene rings is 2. The average Bonchev–Trinajstić information content (AvgIpc) is 4.01. The lowest BCUT2D eigenvalue weighted by molar-refractivity contribution is -0.142. The van der Waals surface area contributed by atoms with Crippen molar-refractivity contribution < 1.29 is 41.5 Å². The molecular formula is C38H44FN5O8S. The van der Waals surface area contributed by atoms with Crippen molar-refractivity contribution in [1.29, 1.82) is 0 Å². The fraction of sp³-hybridized carbons (Fsp3) is 0.500. The summed E-state index contributed by atoms with van der Waals surface area (Å²) in [5, 5.41) is 5.03. The van der Waals surface area contributed by atoms with Crippen LogP contribution < -0.4 is 15.4 Å². The average molecular weight is 750 g/mol. The number of amides is 5. The molecule has 3 aliphatic heterocycles. The zero-order valence-corrected chi connectivity index (χ0v) is 30.1. The largest absolute Gasteiger partial charge is 0.444 e. The van der Waals surface area contributed by atoms with Crippen molar-refractivity contribution in [2.75, 3.05) is 6.54 Å². The van der Waals surface area contributed by atoms with Gasteiger partial charge in [0.25, 0.3) is 5.91 Å². The van der Waals surface area contributed by atoms with E-state index in [1.807, 2.05) is 42.5 Å². The van der Waals surface area contributed by atoms with Crippen LogP contribution in [0.1, 0.15) is 74.5 Å². The van der Waals surface area contributed by atoms with Gasteiger partial charge in [-0.1, -0.05) is 67.5 Å². The van der Waals surface area contributed by atoms with Gasteiger partial charge in [-0.3, -0.25) is 28.8 Å². The van der Waals surface area contributed by atoms with Gasteiger partial charge in [0, 0.05) is 24.4 Å². The maximum Gasteiger partial charge on any atom is 0.410 e. The van der Waals surface area contributed by atoms with Crippen molar-refractivity contribution in [1.82, 2.24) is 25.2 Å². The lowest BCUT2D eigenvalue weighted by Crippen LogP contribution is -2.58. The Labute approximate surface area is 307 Å². The summed E-state index contributed by atoms with van der Waals surface area (Å²) in [7, 11) is -3.92. The summed E-state index contributed by atoms with van der Waals surface area (Å²) in [6.07, 6.45) is 6.21. The van der Waals surface area contributed by atoms with Gasteiger partial charge in [0.15, 0.2) is 0 Å². The van der Waals surface area contributed by atoms with Gasteiger partial charge in [-0.15, -0.1) is 0 Å². The quantitative estimate of drug-likeness (QED) is 0.363. The van der Waals surface area contributed by atoms with Crippen LogP contribution in [0.4, 0.5) is 9.18 Å². The number of carbonyl (C=O) groups excluding carboxylic acids is 5. The number of fused-ring (bicyclic) bond motifs is 3. The molecule has 2 aliphatic carbocycles. The number of allylic oxidation sites excluding steroid dienone is 1. The molecule has 282 valence electrons. The highest BCUT2D eigenvalue weighted by molar-refractivity contribution is 7.91. The van der Waals surface area contributed by atoms with Gasteiger partial charge < -0.3 is 20.3 Å². The highest BCUT2D eigenvalue weighted by Crippen LogP contribution is 2.46. The molecule has 2 aromatic rings. The summed E-state index contributed by atoms with van der Waals surface area (Å²) in [6, 6.07) is 11.5. The number of halogens is 1. The fourth-order valence-corrected chi connectivity index (χ4v) is 8.96. The molecule has 0 aromatic heterocycles. The molecule has 7 rings (SSSR count). The molecule has 2 saturated carbocycles. The molecule has 13 nitrogen and oxygen atoms in total. The van der Waals surface area contributed by atoms with E-state index in [4.69, 9.17) is 4.74 Å². The van der Waals surface area contributed by atoms with Crippen LogP contribution in [0.3, 0.4) is 0 Å². The van der Waals surface area contributed by atoms with E-state index in [1.165, 1.54) is 15.9 Å². The highest BCUT2D eigenvalue weighted by Gasteiger charge is 2.62. The van der Waals surface area contributed by atoms with E-state index in [-0.39, 0.29) is 44.8 Å². The molecule has 1 unspecified atom stereocenters. The number of carbonyl (C=O) groups is 5. The zero-order valence-electron chi connectivity index (χ0n) is 29.3. The van der Waals surface area contributed by atoms with E-state index in [0.717, 1.165) is 18.4 Å². The molecule has 15 heteroatoms. The first-order valence-electron chi connectivity index (χ1n) is 18.3. The molecule has 2 aromatic carbocycles. The Balaban J connectivity index is 1.13. The SMILES string of the molecule is O=C(Cc1ccccc1)N[C@H]1CCCCC/C=C\[C@H]2C[C@@]2(C(=O)NS(=O)(=O)C2CC2)NC(=O)C2C[C@@H](OC(=O)N3Cc4cccc(F)c4C3)CN2C1=O. The van der Waals surface area contributed by atoms with E-state index >= 15 is 0 Å². The number of hydrogen-bond donors (Lipinski definition) is 3. The van der Waals surface area contributed by atoms with Crippen LogP contribution in [-0.2, 0) is 53.4 Å². The second-order valence-electron chi connectivity index (χ2n) is 14.8. The Hall–Kier alpha value is -4.79. The van der Waals surface area contributed by atoms with E-state index in [2.05, 4.69) is 15.4 Å². The van der Waals surface area contributed by atoms with Crippen molar-refractivity contribution in [2.24, 2.45) is 5.92 Å². The van der Waals surface area contributed by atoms with E-state index in [9.17, 15) is 36.8 Å². The van der Waals surface area contributed by atoms with Crippen LogP contribution in [0.2, 0.25) is 0 Å². The van der Waals surface area contributed by atoms with Crippen molar-refractivity contribution in [3.63, 3.8) is 0 Å². The van der Waals surface area contributed by atoms with Crippen LogP contribution in [0.5, 0.6) is 0 Å². The van der Waals surface area contributed by atoms with E-state index in [0.29, 0.717) is 43.2 Å². The van der Waals surface area contributed by atoms with Crippen LogP contribution in [0, 0.1) is 11.7 Å². The fourth-order valence-electron chi connectivity index (χ4n) is 7.60. The Morgan fingerprint density at radius 1 is 0.981 bits per heavy atom. The molecule has 0 spiro atoms. The van der Waals surface area contributed by atoms with Crippen molar-refractivity contribution in [3.8, 4) is 0 Å². The third kappa shape index (κ3) is 8.09. The molecule has 0 bridgehead atoms. The number of sulfonamides is 1. The third-order valence-corrected chi connectivity index (χ3v) is 12.7. The number of nitrogens with one attached hydrogen (secondary N) is 3. The molecule has 53 heavy (non-hydrogen) atoms. The summed E-state index contributed by atoms with van der Waals surface area (Å²) >= 11 is 0. The Morgan fingerprint density at radius 3 is 2.53 bits per heavy atom. The molecule has 1 saturated heterocycles. The minimum atomic E-state index is -3.92. The van der Waals surface area contributed by atoms with Gasteiger partial charge in [-0.2, -0.15) is 0 Å². The Kier molecular flexibility index (Phi) is 10.3. The molecule has 5 amide bonds. The molecule has 5 aliphatic rings. The van der Waals surface area contributed by atoms with Crippen molar-refractivity contribution in [2.45, 2.75) is 106 Å². The first kappa shape index (κ1) is 36.6. The minimum absolute atomic E-state index is 0.00590. The van der Waals surface area contributed by atoms with Crippen LogP contribution in [-0.4, -0.2) is 83.5 Å². The topological polar surface area (TPSA) is 171 Å². The molecular weight excluding hydrogens is 706 g/mol. The van der Waals surface area contributed by atoms with Crippen molar-refractivity contribution in [3.05, 3.63) is 83.2 Å². The first-order valence-corrected chi connectivity index (χ1v) is 19.9. The minimum Gasteiger partial charge on any atom is -0.444 e.